The molecule has 21 heavy (non-hydrogen) atoms. The predicted molar refractivity (Wildman–Crippen MR) is 80.9 cm³/mol. The first-order valence-corrected chi connectivity index (χ1v) is 7.09. The van der Waals surface area contributed by atoms with Crippen LogP contribution in [-0.2, 0) is 0 Å². The lowest BCUT2D eigenvalue weighted by molar-refractivity contribution is 0.234. The second kappa shape index (κ2) is 7.02. The van der Waals surface area contributed by atoms with E-state index in [0.717, 1.165) is 17.8 Å². The molecule has 2 aromatic rings. The van der Waals surface area contributed by atoms with Crippen LogP contribution in [0.5, 0.6) is 5.88 Å². The molecule has 1 unspecified atom stereocenters. The number of pyridine rings is 2. The van der Waals surface area contributed by atoms with Crippen molar-refractivity contribution in [1.82, 2.24) is 9.97 Å². The van der Waals surface area contributed by atoms with Gasteiger partial charge in [0.15, 0.2) is 0 Å². The SMILES string of the molecule is CCC(Nc1cccnc1OC(C)C)c1ccc(F)cn1. The van der Waals surface area contributed by atoms with Gasteiger partial charge in [-0.15, -0.1) is 0 Å². The van der Waals surface area contributed by atoms with E-state index in [4.69, 9.17) is 4.74 Å². The second-order valence-electron chi connectivity index (χ2n) is 5.03. The van der Waals surface area contributed by atoms with Gasteiger partial charge in [0, 0.05) is 6.20 Å². The van der Waals surface area contributed by atoms with Crippen LogP contribution in [0.15, 0.2) is 36.7 Å². The molecule has 0 fully saturated rings. The van der Waals surface area contributed by atoms with Crippen molar-refractivity contribution in [2.45, 2.75) is 39.3 Å². The molecule has 0 aromatic carbocycles. The average Bonchev–Trinajstić information content (AvgIpc) is 2.47. The van der Waals surface area contributed by atoms with Crippen LogP contribution in [0, 0.1) is 5.82 Å². The van der Waals surface area contributed by atoms with Crippen LogP contribution in [0.25, 0.3) is 0 Å². The molecule has 2 aromatic heterocycles. The van der Waals surface area contributed by atoms with Gasteiger partial charge in [0.1, 0.15) is 5.82 Å². The van der Waals surface area contributed by atoms with Crippen molar-refractivity contribution in [3.8, 4) is 5.88 Å². The van der Waals surface area contributed by atoms with Gasteiger partial charge in [0.25, 0.3) is 0 Å². The normalized spacial score (nSPS) is 12.2. The molecule has 4 nitrogen and oxygen atoms in total. The molecule has 0 aliphatic carbocycles. The van der Waals surface area contributed by atoms with E-state index in [9.17, 15) is 4.39 Å². The lowest BCUT2D eigenvalue weighted by atomic mass is 10.1. The second-order valence-corrected chi connectivity index (χ2v) is 5.03. The van der Waals surface area contributed by atoms with Gasteiger partial charge in [-0.2, -0.15) is 0 Å². The minimum Gasteiger partial charge on any atom is -0.473 e. The van der Waals surface area contributed by atoms with Crippen molar-refractivity contribution in [2.24, 2.45) is 0 Å². The van der Waals surface area contributed by atoms with Gasteiger partial charge < -0.3 is 10.1 Å². The number of nitrogens with zero attached hydrogens (tertiary/aromatic N) is 2. The summed E-state index contributed by atoms with van der Waals surface area (Å²) < 4.78 is 18.7. The van der Waals surface area contributed by atoms with Crippen LogP contribution >= 0.6 is 0 Å². The highest BCUT2D eigenvalue weighted by Gasteiger charge is 2.14. The largest absolute Gasteiger partial charge is 0.473 e. The van der Waals surface area contributed by atoms with Crippen LogP contribution in [0.3, 0.4) is 0 Å². The van der Waals surface area contributed by atoms with Gasteiger partial charge in [-0.3, -0.25) is 4.98 Å². The molecule has 0 saturated carbocycles. The van der Waals surface area contributed by atoms with Gasteiger partial charge in [-0.05, 0) is 44.5 Å². The Kier molecular flexibility index (Phi) is 5.09. The van der Waals surface area contributed by atoms with Crippen molar-refractivity contribution in [1.29, 1.82) is 0 Å². The molecule has 0 saturated heterocycles. The Morgan fingerprint density at radius 2 is 2.05 bits per heavy atom. The summed E-state index contributed by atoms with van der Waals surface area (Å²) in [6.07, 6.45) is 3.78. The van der Waals surface area contributed by atoms with Crippen molar-refractivity contribution < 1.29 is 9.13 Å². The van der Waals surface area contributed by atoms with Gasteiger partial charge in [0.2, 0.25) is 5.88 Å². The summed E-state index contributed by atoms with van der Waals surface area (Å²) in [7, 11) is 0. The fraction of sp³-hybridized carbons (Fsp3) is 0.375. The fourth-order valence-corrected chi connectivity index (χ4v) is 1.98. The molecular weight excluding hydrogens is 269 g/mol. The molecule has 0 spiro atoms. The number of hydrogen-bond acceptors (Lipinski definition) is 4. The van der Waals surface area contributed by atoms with E-state index in [1.165, 1.54) is 12.3 Å². The molecule has 0 amide bonds. The third kappa shape index (κ3) is 4.15. The molecule has 2 heterocycles. The van der Waals surface area contributed by atoms with E-state index in [0.29, 0.717) is 5.88 Å². The minimum absolute atomic E-state index is 0.0238. The summed E-state index contributed by atoms with van der Waals surface area (Å²) in [5.41, 5.74) is 1.60. The molecule has 0 radical (unpaired) electrons. The van der Waals surface area contributed by atoms with E-state index in [1.807, 2.05) is 32.9 Å². The highest BCUT2D eigenvalue weighted by molar-refractivity contribution is 5.53. The Balaban J connectivity index is 2.20. The van der Waals surface area contributed by atoms with Gasteiger partial charge >= 0.3 is 0 Å². The van der Waals surface area contributed by atoms with Crippen molar-refractivity contribution in [3.05, 3.63) is 48.2 Å². The summed E-state index contributed by atoms with van der Waals surface area (Å²) in [6.45, 7) is 5.95. The first kappa shape index (κ1) is 15.2. The summed E-state index contributed by atoms with van der Waals surface area (Å²) in [5.74, 6) is 0.229. The predicted octanol–water partition coefficient (Wildman–Crippen LogP) is 3.97. The standard InChI is InChI=1S/C16H20FN3O/c1-4-13(14-8-7-12(17)10-19-14)20-15-6-5-9-18-16(15)21-11(2)3/h5-11,13,20H,4H2,1-3H3. The zero-order chi connectivity index (χ0) is 15.2. The lowest BCUT2D eigenvalue weighted by Crippen LogP contribution is -2.14. The molecule has 5 heteroatoms. The van der Waals surface area contributed by atoms with Gasteiger partial charge in [-0.1, -0.05) is 6.92 Å². The number of anilines is 1. The number of halogens is 1. The number of aromatic nitrogens is 2. The molecular formula is C16H20FN3O. The maximum atomic E-state index is 13.0. The maximum Gasteiger partial charge on any atom is 0.237 e. The zero-order valence-corrected chi connectivity index (χ0v) is 12.5. The van der Waals surface area contributed by atoms with Crippen LogP contribution in [0.4, 0.5) is 10.1 Å². The Morgan fingerprint density at radius 3 is 2.67 bits per heavy atom. The van der Waals surface area contributed by atoms with E-state index in [2.05, 4.69) is 15.3 Å². The Labute approximate surface area is 124 Å². The number of rotatable bonds is 6. The summed E-state index contributed by atoms with van der Waals surface area (Å²) >= 11 is 0. The molecule has 1 N–H and O–H groups in total. The molecule has 0 aliphatic rings. The number of ether oxygens (including phenoxy) is 1. The number of hydrogen-bond donors (Lipinski definition) is 1. The van der Waals surface area contributed by atoms with Crippen LogP contribution in [0.1, 0.15) is 38.9 Å². The van der Waals surface area contributed by atoms with Crippen LogP contribution in [0.2, 0.25) is 0 Å². The number of nitrogens with one attached hydrogen (secondary N) is 1. The van der Waals surface area contributed by atoms with Crippen molar-refractivity contribution in [3.63, 3.8) is 0 Å². The average molecular weight is 289 g/mol. The lowest BCUT2D eigenvalue weighted by Gasteiger charge is -2.20. The maximum absolute atomic E-state index is 13.0. The van der Waals surface area contributed by atoms with E-state index >= 15 is 0 Å². The van der Waals surface area contributed by atoms with Gasteiger partial charge in [0.05, 0.1) is 29.7 Å². The fourth-order valence-electron chi connectivity index (χ4n) is 1.98. The third-order valence-electron chi connectivity index (χ3n) is 2.96. The van der Waals surface area contributed by atoms with E-state index in [-0.39, 0.29) is 18.0 Å². The minimum atomic E-state index is -0.334. The molecule has 0 bridgehead atoms. The highest BCUT2D eigenvalue weighted by Crippen LogP contribution is 2.27. The first-order chi connectivity index (χ1) is 10.1. The first-order valence-electron chi connectivity index (χ1n) is 7.09. The smallest absolute Gasteiger partial charge is 0.237 e. The zero-order valence-electron chi connectivity index (χ0n) is 12.5. The molecule has 1 atom stereocenters. The Hall–Kier alpha value is -2.17. The third-order valence-corrected chi connectivity index (χ3v) is 2.96. The molecule has 0 aliphatic heterocycles. The van der Waals surface area contributed by atoms with Crippen molar-refractivity contribution >= 4 is 5.69 Å². The van der Waals surface area contributed by atoms with Crippen molar-refractivity contribution in [2.75, 3.05) is 5.32 Å². The topological polar surface area (TPSA) is 47.0 Å². The monoisotopic (exact) mass is 289 g/mol. The van der Waals surface area contributed by atoms with E-state index in [1.54, 1.807) is 12.3 Å². The summed E-state index contributed by atoms with van der Waals surface area (Å²) in [6, 6.07) is 6.85. The van der Waals surface area contributed by atoms with Gasteiger partial charge in [-0.25, -0.2) is 9.37 Å². The summed E-state index contributed by atoms with van der Waals surface area (Å²) in [4.78, 5) is 8.39. The Bertz CT molecular complexity index is 572. The summed E-state index contributed by atoms with van der Waals surface area (Å²) in [5, 5.41) is 3.37. The van der Waals surface area contributed by atoms with Crippen LogP contribution < -0.4 is 10.1 Å². The van der Waals surface area contributed by atoms with E-state index < -0.39 is 0 Å². The quantitative estimate of drug-likeness (QED) is 0.874. The molecule has 2 rings (SSSR count). The highest BCUT2D eigenvalue weighted by atomic mass is 19.1. The molecule has 112 valence electrons. The van der Waals surface area contributed by atoms with Crippen LogP contribution in [-0.4, -0.2) is 16.1 Å². The Morgan fingerprint density at radius 1 is 1.24 bits per heavy atom.